The van der Waals surface area contributed by atoms with Crippen LogP contribution in [0.25, 0.3) is 5.69 Å². The van der Waals surface area contributed by atoms with Crippen LogP contribution in [-0.2, 0) is 0 Å². The quantitative estimate of drug-likeness (QED) is 0.631. The van der Waals surface area contributed by atoms with Gasteiger partial charge in [-0.2, -0.15) is 5.10 Å². The normalized spacial score (nSPS) is 10.7. The number of benzene rings is 1. The van der Waals surface area contributed by atoms with Gasteiger partial charge in [0, 0.05) is 6.07 Å². The Hall–Kier alpha value is -1.76. The van der Waals surface area contributed by atoms with Crippen LogP contribution in [0.2, 0.25) is 0 Å². The maximum Gasteiger partial charge on any atom is 0.272 e. The summed E-state index contributed by atoms with van der Waals surface area (Å²) in [6, 6.07) is 3.49. The zero-order chi connectivity index (χ0) is 13.4. The Kier molecular flexibility index (Phi) is 3.16. The van der Waals surface area contributed by atoms with Gasteiger partial charge in [-0.1, -0.05) is 0 Å². The highest BCUT2D eigenvalue weighted by molar-refractivity contribution is 9.10. The van der Waals surface area contributed by atoms with E-state index in [2.05, 4.69) is 21.0 Å². The minimum Gasteiger partial charge on any atom is -0.258 e. The Morgan fingerprint density at radius 2 is 2.11 bits per heavy atom. The van der Waals surface area contributed by atoms with Crippen LogP contribution in [0.1, 0.15) is 11.4 Å². The van der Waals surface area contributed by atoms with E-state index in [9.17, 15) is 14.5 Å². The highest BCUT2D eigenvalue weighted by Crippen LogP contribution is 2.25. The number of hydrogen-bond donors (Lipinski definition) is 0. The van der Waals surface area contributed by atoms with Crippen molar-refractivity contribution in [3.05, 3.63) is 50.0 Å². The molecular weight excluding hydrogens is 305 g/mol. The van der Waals surface area contributed by atoms with Crippen molar-refractivity contribution in [3.63, 3.8) is 0 Å². The topological polar surface area (TPSA) is 61.0 Å². The van der Waals surface area contributed by atoms with Gasteiger partial charge in [0.15, 0.2) is 5.82 Å². The number of non-ortho nitro benzene ring substituents is 1. The lowest BCUT2D eigenvalue weighted by Crippen LogP contribution is -2.03. The molecule has 0 spiro atoms. The summed E-state index contributed by atoms with van der Waals surface area (Å²) in [5.41, 5.74) is 1.37. The molecule has 2 rings (SSSR count). The molecule has 0 N–H and O–H groups in total. The van der Waals surface area contributed by atoms with Crippen LogP contribution < -0.4 is 0 Å². The number of halogens is 2. The molecule has 0 unspecified atom stereocenters. The molecular formula is C11H9BrFN3O2. The van der Waals surface area contributed by atoms with Crippen molar-refractivity contribution in [3.8, 4) is 5.69 Å². The maximum absolute atomic E-state index is 13.8. The molecule has 1 aromatic heterocycles. The van der Waals surface area contributed by atoms with Crippen LogP contribution in [0, 0.1) is 29.8 Å². The average Bonchev–Trinajstić information content (AvgIpc) is 2.57. The molecule has 0 radical (unpaired) electrons. The van der Waals surface area contributed by atoms with Crippen molar-refractivity contribution in [1.82, 2.24) is 9.78 Å². The van der Waals surface area contributed by atoms with Crippen LogP contribution in [0.4, 0.5) is 10.1 Å². The molecule has 18 heavy (non-hydrogen) atoms. The van der Waals surface area contributed by atoms with Gasteiger partial charge in [0.1, 0.15) is 5.69 Å². The average molecular weight is 314 g/mol. The van der Waals surface area contributed by atoms with Gasteiger partial charge in [-0.15, -0.1) is 0 Å². The van der Waals surface area contributed by atoms with Crippen molar-refractivity contribution < 1.29 is 9.31 Å². The predicted octanol–water partition coefficient (Wildman–Crippen LogP) is 3.30. The van der Waals surface area contributed by atoms with Crippen molar-refractivity contribution in [1.29, 1.82) is 0 Å². The van der Waals surface area contributed by atoms with E-state index in [0.717, 1.165) is 21.9 Å². The van der Waals surface area contributed by atoms with Crippen molar-refractivity contribution >= 4 is 21.6 Å². The van der Waals surface area contributed by atoms with Gasteiger partial charge < -0.3 is 0 Å². The molecule has 0 aliphatic rings. The molecule has 0 saturated heterocycles. The second kappa shape index (κ2) is 4.49. The summed E-state index contributed by atoms with van der Waals surface area (Å²) in [5, 5.41) is 14.7. The molecule has 2 aromatic rings. The van der Waals surface area contributed by atoms with E-state index in [1.54, 1.807) is 13.8 Å². The fraction of sp³-hybridized carbons (Fsp3) is 0.182. The van der Waals surface area contributed by atoms with Gasteiger partial charge in [-0.05, 0) is 35.8 Å². The van der Waals surface area contributed by atoms with Crippen molar-refractivity contribution in [2.75, 3.05) is 0 Å². The first-order chi connectivity index (χ1) is 8.41. The van der Waals surface area contributed by atoms with E-state index in [0.29, 0.717) is 0 Å². The molecule has 0 bridgehead atoms. The van der Waals surface area contributed by atoms with Crippen LogP contribution >= 0.6 is 15.9 Å². The van der Waals surface area contributed by atoms with Gasteiger partial charge in [0.05, 0.1) is 26.9 Å². The highest BCUT2D eigenvalue weighted by Gasteiger charge is 2.16. The Morgan fingerprint density at radius 1 is 1.44 bits per heavy atom. The monoisotopic (exact) mass is 313 g/mol. The number of nitro benzene ring substituents is 1. The third-order valence-corrected chi connectivity index (χ3v) is 3.72. The van der Waals surface area contributed by atoms with E-state index in [-0.39, 0.29) is 11.4 Å². The standard InChI is InChI=1S/C11H9BrFN3O2/c1-6-11(12)7(2)15(14-6)10-4-3-8(16(17)18)5-9(10)13/h3-5H,1-2H3. The molecule has 94 valence electrons. The van der Waals surface area contributed by atoms with E-state index in [1.807, 2.05) is 0 Å². The third-order valence-electron chi connectivity index (χ3n) is 2.57. The Labute approximate surface area is 111 Å². The smallest absolute Gasteiger partial charge is 0.258 e. The molecule has 0 aliphatic heterocycles. The molecule has 1 aromatic carbocycles. The minimum atomic E-state index is -0.678. The molecule has 0 aliphatic carbocycles. The molecule has 0 fully saturated rings. The summed E-state index contributed by atoms with van der Waals surface area (Å²) < 4.78 is 16.0. The van der Waals surface area contributed by atoms with Crippen molar-refractivity contribution in [2.45, 2.75) is 13.8 Å². The highest BCUT2D eigenvalue weighted by atomic mass is 79.9. The summed E-state index contributed by atoms with van der Waals surface area (Å²) in [4.78, 5) is 9.90. The number of nitro groups is 1. The van der Waals surface area contributed by atoms with Crippen LogP contribution in [0.5, 0.6) is 0 Å². The Bertz CT molecular complexity index is 639. The first-order valence-corrected chi connectivity index (χ1v) is 5.87. The first kappa shape index (κ1) is 12.7. The molecule has 5 nitrogen and oxygen atoms in total. The summed E-state index contributed by atoms with van der Waals surface area (Å²) in [5.74, 6) is -0.678. The van der Waals surface area contributed by atoms with Gasteiger partial charge in [0.25, 0.3) is 5.69 Å². The summed E-state index contributed by atoms with van der Waals surface area (Å²) in [6.07, 6.45) is 0. The van der Waals surface area contributed by atoms with E-state index >= 15 is 0 Å². The van der Waals surface area contributed by atoms with E-state index < -0.39 is 10.7 Å². The largest absolute Gasteiger partial charge is 0.272 e. The van der Waals surface area contributed by atoms with E-state index in [4.69, 9.17) is 0 Å². The number of hydrogen-bond acceptors (Lipinski definition) is 3. The van der Waals surface area contributed by atoms with Crippen LogP contribution in [-0.4, -0.2) is 14.7 Å². The molecule has 0 atom stereocenters. The van der Waals surface area contributed by atoms with Crippen molar-refractivity contribution in [2.24, 2.45) is 0 Å². The molecule has 1 heterocycles. The summed E-state index contributed by atoms with van der Waals surface area (Å²) >= 11 is 3.35. The van der Waals surface area contributed by atoms with Gasteiger partial charge in [-0.3, -0.25) is 10.1 Å². The fourth-order valence-electron chi connectivity index (χ4n) is 1.64. The number of nitrogens with zero attached hydrogens (tertiary/aromatic N) is 3. The SMILES string of the molecule is Cc1nn(-c2ccc([N+](=O)[O-])cc2F)c(C)c1Br. The van der Waals surface area contributed by atoms with E-state index in [1.165, 1.54) is 16.8 Å². The number of rotatable bonds is 2. The molecule has 7 heteroatoms. The Balaban J connectivity index is 2.58. The number of aryl methyl sites for hydroxylation is 1. The lowest BCUT2D eigenvalue weighted by atomic mass is 10.2. The van der Waals surface area contributed by atoms with Crippen LogP contribution in [0.15, 0.2) is 22.7 Å². The predicted molar refractivity (Wildman–Crippen MR) is 67.4 cm³/mol. The summed E-state index contributed by atoms with van der Waals surface area (Å²) in [7, 11) is 0. The second-order valence-electron chi connectivity index (χ2n) is 3.79. The Morgan fingerprint density at radius 3 is 2.56 bits per heavy atom. The zero-order valence-corrected chi connectivity index (χ0v) is 11.2. The van der Waals surface area contributed by atoms with Crippen LogP contribution in [0.3, 0.4) is 0 Å². The number of aromatic nitrogens is 2. The molecule has 0 amide bonds. The van der Waals surface area contributed by atoms with Gasteiger partial charge in [-0.25, -0.2) is 9.07 Å². The lowest BCUT2D eigenvalue weighted by Gasteiger charge is -2.05. The minimum absolute atomic E-state index is 0.187. The second-order valence-corrected chi connectivity index (χ2v) is 4.58. The summed E-state index contributed by atoms with van der Waals surface area (Å²) in [6.45, 7) is 3.57. The third kappa shape index (κ3) is 2.01. The maximum atomic E-state index is 13.8. The molecule has 0 saturated carbocycles. The fourth-order valence-corrected chi connectivity index (χ4v) is 1.89. The zero-order valence-electron chi connectivity index (χ0n) is 9.65. The first-order valence-electron chi connectivity index (χ1n) is 5.08. The van der Waals surface area contributed by atoms with Gasteiger partial charge in [0.2, 0.25) is 0 Å². The lowest BCUT2D eigenvalue weighted by molar-refractivity contribution is -0.385. The van der Waals surface area contributed by atoms with Gasteiger partial charge >= 0.3 is 0 Å².